The van der Waals surface area contributed by atoms with Crippen LogP contribution in [-0.4, -0.2) is 12.1 Å². The highest BCUT2D eigenvalue weighted by Crippen LogP contribution is 2.45. The summed E-state index contributed by atoms with van der Waals surface area (Å²) < 4.78 is 0. The van der Waals surface area contributed by atoms with Crippen molar-refractivity contribution in [3.05, 3.63) is 0 Å². The molecule has 0 bridgehead atoms. The second kappa shape index (κ2) is 3.84. The van der Waals surface area contributed by atoms with Gasteiger partial charge in [0.1, 0.15) is 0 Å². The minimum absolute atomic E-state index is 0.887. The standard InChI is InChI=1S/C13H23N/c1-2-4-12(3-1)14-13-8-7-11(9-13)10-5-6-10/h10-14H,1-9H2. The van der Waals surface area contributed by atoms with Crippen molar-refractivity contribution >= 4 is 0 Å². The fourth-order valence-electron chi connectivity index (χ4n) is 3.59. The predicted octanol–water partition coefficient (Wildman–Crippen LogP) is 3.10. The third kappa shape index (κ3) is 1.98. The fraction of sp³-hybridized carbons (Fsp3) is 1.00. The molecular formula is C13H23N. The van der Waals surface area contributed by atoms with Gasteiger partial charge in [-0.05, 0) is 56.8 Å². The second-order valence-electron chi connectivity index (χ2n) is 5.76. The molecule has 14 heavy (non-hydrogen) atoms. The largest absolute Gasteiger partial charge is 0.311 e. The Bertz CT molecular complexity index is 191. The van der Waals surface area contributed by atoms with Crippen LogP contribution >= 0.6 is 0 Å². The summed E-state index contributed by atoms with van der Waals surface area (Å²) in [5.41, 5.74) is 0. The maximum Gasteiger partial charge on any atom is 0.00724 e. The summed E-state index contributed by atoms with van der Waals surface area (Å²) in [5.74, 6) is 2.25. The van der Waals surface area contributed by atoms with Gasteiger partial charge in [0.2, 0.25) is 0 Å². The van der Waals surface area contributed by atoms with Crippen LogP contribution in [0.2, 0.25) is 0 Å². The Balaban J connectivity index is 1.45. The summed E-state index contributed by atoms with van der Waals surface area (Å²) in [6.07, 6.45) is 13.4. The van der Waals surface area contributed by atoms with Crippen LogP contribution in [0.3, 0.4) is 0 Å². The number of hydrogen-bond donors (Lipinski definition) is 1. The lowest BCUT2D eigenvalue weighted by Gasteiger charge is -2.18. The van der Waals surface area contributed by atoms with Crippen LogP contribution in [-0.2, 0) is 0 Å². The monoisotopic (exact) mass is 193 g/mol. The van der Waals surface area contributed by atoms with Gasteiger partial charge in [-0.1, -0.05) is 12.8 Å². The highest BCUT2D eigenvalue weighted by molar-refractivity contribution is 4.91. The number of hydrogen-bond acceptors (Lipinski definition) is 1. The van der Waals surface area contributed by atoms with Gasteiger partial charge in [0.25, 0.3) is 0 Å². The molecule has 3 aliphatic carbocycles. The van der Waals surface area contributed by atoms with Crippen LogP contribution in [0, 0.1) is 11.8 Å². The normalized spacial score (nSPS) is 39.4. The summed E-state index contributed by atoms with van der Waals surface area (Å²) in [6.45, 7) is 0. The first-order valence-corrected chi connectivity index (χ1v) is 6.68. The average molecular weight is 193 g/mol. The summed E-state index contributed by atoms with van der Waals surface area (Å²) in [6, 6.07) is 1.78. The van der Waals surface area contributed by atoms with Gasteiger partial charge in [-0.3, -0.25) is 0 Å². The molecule has 2 unspecified atom stereocenters. The van der Waals surface area contributed by atoms with Crippen molar-refractivity contribution in [3.63, 3.8) is 0 Å². The van der Waals surface area contributed by atoms with Crippen molar-refractivity contribution in [2.75, 3.05) is 0 Å². The summed E-state index contributed by atoms with van der Waals surface area (Å²) in [5, 5.41) is 3.89. The first-order chi connectivity index (χ1) is 6.92. The molecule has 0 aromatic carbocycles. The van der Waals surface area contributed by atoms with Crippen molar-refractivity contribution in [3.8, 4) is 0 Å². The van der Waals surface area contributed by atoms with Crippen molar-refractivity contribution < 1.29 is 0 Å². The molecular weight excluding hydrogens is 170 g/mol. The molecule has 1 heteroatoms. The number of nitrogens with one attached hydrogen (secondary N) is 1. The van der Waals surface area contributed by atoms with Crippen molar-refractivity contribution in [1.29, 1.82) is 0 Å². The van der Waals surface area contributed by atoms with Crippen molar-refractivity contribution in [2.24, 2.45) is 11.8 Å². The van der Waals surface area contributed by atoms with E-state index in [4.69, 9.17) is 0 Å². The summed E-state index contributed by atoms with van der Waals surface area (Å²) in [4.78, 5) is 0. The molecule has 80 valence electrons. The lowest BCUT2D eigenvalue weighted by Crippen LogP contribution is -2.34. The molecule has 3 saturated carbocycles. The maximum absolute atomic E-state index is 3.89. The van der Waals surface area contributed by atoms with E-state index < -0.39 is 0 Å². The molecule has 2 atom stereocenters. The van der Waals surface area contributed by atoms with Crippen LogP contribution in [0.4, 0.5) is 0 Å². The van der Waals surface area contributed by atoms with E-state index in [9.17, 15) is 0 Å². The summed E-state index contributed by atoms with van der Waals surface area (Å²) in [7, 11) is 0. The van der Waals surface area contributed by atoms with Crippen molar-refractivity contribution in [2.45, 2.75) is 69.9 Å². The van der Waals surface area contributed by atoms with Gasteiger partial charge in [0.05, 0.1) is 0 Å². The molecule has 1 nitrogen and oxygen atoms in total. The molecule has 0 aliphatic heterocycles. The summed E-state index contributed by atoms with van der Waals surface area (Å²) >= 11 is 0. The highest BCUT2D eigenvalue weighted by atomic mass is 15.0. The van der Waals surface area contributed by atoms with Gasteiger partial charge >= 0.3 is 0 Å². The van der Waals surface area contributed by atoms with E-state index in [1.807, 2.05) is 0 Å². The smallest absolute Gasteiger partial charge is 0.00724 e. The van der Waals surface area contributed by atoms with E-state index >= 15 is 0 Å². The Kier molecular flexibility index (Phi) is 2.53. The minimum atomic E-state index is 0.887. The average Bonchev–Trinajstić information content (AvgIpc) is 2.75. The van der Waals surface area contributed by atoms with Crippen LogP contribution < -0.4 is 5.32 Å². The van der Waals surface area contributed by atoms with E-state index in [2.05, 4.69) is 5.32 Å². The Morgan fingerprint density at radius 1 is 0.643 bits per heavy atom. The molecule has 0 spiro atoms. The Morgan fingerprint density at radius 2 is 1.36 bits per heavy atom. The molecule has 1 N–H and O–H groups in total. The first-order valence-electron chi connectivity index (χ1n) is 6.68. The van der Waals surface area contributed by atoms with Gasteiger partial charge in [-0.2, -0.15) is 0 Å². The minimum Gasteiger partial charge on any atom is -0.311 e. The zero-order valence-electron chi connectivity index (χ0n) is 9.17. The molecule has 3 fully saturated rings. The van der Waals surface area contributed by atoms with Crippen molar-refractivity contribution in [1.82, 2.24) is 5.32 Å². The van der Waals surface area contributed by atoms with E-state index in [-0.39, 0.29) is 0 Å². The Hall–Kier alpha value is -0.0400. The zero-order valence-corrected chi connectivity index (χ0v) is 9.17. The van der Waals surface area contributed by atoms with Crippen LogP contribution in [0.5, 0.6) is 0 Å². The molecule has 0 aromatic heterocycles. The Labute approximate surface area is 87.7 Å². The second-order valence-corrected chi connectivity index (χ2v) is 5.76. The maximum atomic E-state index is 3.89. The Morgan fingerprint density at radius 3 is 2.07 bits per heavy atom. The zero-order chi connectivity index (χ0) is 9.38. The van der Waals surface area contributed by atoms with Gasteiger partial charge in [-0.15, -0.1) is 0 Å². The predicted molar refractivity (Wildman–Crippen MR) is 59.2 cm³/mol. The van der Waals surface area contributed by atoms with E-state index in [0.29, 0.717) is 0 Å². The molecule has 0 aromatic rings. The quantitative estimate of drug-likeness (QED) is 0.726. The first kappa shape index (κ1) is 9.21. The van der Waals surface area contributed by atoms with E-state index in [1.165, 1.54) is 44.9 Å². The van der Waals surface area contributed by atoms with Crippen LogP contribution in [0.25, 0.3) is 0 Å². The third-order valence-electron chi connectivity index (χ3n) is 4.59. The molecule has 3 rings (SSSR count). The molecule has 0 saturated heterocycles. The topological polar surface area (TPSA) is 12.0 Å². The van der Waals surface area contributed by atoms with E-state index in [1.54, 1.807) is 12.8 Å². The van der Waals surface area contributed by atoms with Gasteiger partial charge in [0.15, 0.2) is 0 Å². The molecule has 0 radical (unpaired) electrons. The highest BCUT2D eigenvalue weighted by Gasteiger charge is 2.37. The third-order valence-corrected chi connectivity index (χ3v) is 4.59. The molecule has 3 aliphatic rings. The lowest BCUT2D eigenvalue weighted by atomic mass is 10.0. The molecule has 0 heterocycles. The lowest BCUT2D eigenvalue weighted by molar-refractivity contribution is 0.407. The number of rotatable bonds is 3. The van der Waals surface area contributed by atoms with Crippen LogP contribution in [0.1, 0.15) is 57.8 Å². The molecule has 0 amide bonds. The van der Waals surface area contributed by atoms with Gasteiger partial charge in [0, 0.05) is 12.1 Å². The van der Waals surface area contributed by atoms with Gasteiger partial charge < -0.3 is 5.32 Å². The van der Waals surface area contributed by atoms with E-state index in [0.717, 1.165) is 23.9 Å². The fourth-order valence-corrected chi connectivity index (χ4v) is 3.59. The van der Waals surface area contributed by atoms with Crippen LogP contribution in [0.15, 0.2) is 0 Å². The van der Waals surface area contributed by atoms with Gasteiger partial charge in [-0.25, -0.2) is 0 Å². The SMILES string of the molecule is C1CCC(NC2CCC(C3CC3)C2)C1.